The summed E-state index contributed by atoms with van der Waals surface area (Å²) in [4.78, 5) is 11.9. The van der Waals surface area contributed by atoms with Gasteiger partial charge in [0.15, 0.2) is 0 Å². The monoisotopic (exact) mass is 366 g/mol. The van der Waals surface area contributed by atoms with Crippen molar-refractivity contribution in [2.24, 2.45) is 0 Å². The number of nitro benzene ring substituents is 1. The van der Waals surface area contributed by atoms with Gasteiger partial charge < -0.3 is 5.32 Å². The van der Waals surface area contributed by atoms with E-state index in [0.717, 1.165) is 16.3 Å². The SMILES string of the molecule is CCSc1ccccc1NCc1ccc(Br)cc1[N+](=O)[O-]. The molecule has 2 aromatic carbocycles. The third-order valence-electron chi connectivity index (χ3n) is 2.90. The molecular weight excluding hydrogens is 352 g/mol. The molecule has 21 heavy (non-hydrogen) atoms. The number of halogens is 1. The molecule has 1 N–H and O–H groups in total. The summed E-state index contributed by atoms with van der Waals surface area (Å²) >= 11 is 5.01. The molecule has 0 radical (unpaired) electrons. The van der Waals surface area contributed by atoms with E-state index < -0.39 is 0 Å². The highest BCUT2D eigenvalue weighted by Gasteiger charge is 2.14. The predicted octanol–water partition coefficient (Wildman–Crippen LogP) is 5.08. The van der Waals surface area contributed by atoms with E-state index in [4.69, 9.17) is 0 Å². The maximum absolute atomic E-state index is 11.1. The summed E-state index contributed by atoms with van der Waals surface area (Å²) in [6.45, 7) is 2.52. The summed E-state index contributed by atoms with van der Waals surface area (Å²) in [7, 11) is 0. The van der Waals surface area contributed by atoms with E-state index in [1.54, 1.807) is 17.8 Å². The molecule has 0 amide bonds. The molecule has 0 bridgehead atoms. The first-order chi connectivity index (χ1) is 10.1. The molecule has 2 rings (SSSR count). The predicted molar refractivity (Wildman–Crippen MR) is 91.0 cm³/mol. The third kappa shape index (κ3) is 4.22. The lowest BCUT2D eigenvalue weighted by Gasteiger charge is -2.11. The zero-order valence-electron chi connectivity index (χ0n) is 11.5. The second-order valence-corrected chi connectivity index (χ2v) is 6.53. The summed E-state index contributed by atoms with van der Waals surface area (Å²) in [5, 5.41) is 14.4. The number of anilines is 1. The molecule has 4 nitrogen and oxygen atoms in total. The highest BCUT2D eigenvalue weighted by molar-refractivity contribution is 9.10. The zero-order chi connectivity index (χ0) is 15.2. The van der Waals surface area contributed by atoms with Crippen LogP contribution in [0, 0.1) is 10.1 Å². The number of thioether (sulfide) groups is 1. The number of nitrogens with zero attached hydrogens (tertiary/aromatic N) is 1. The molecule has 0 heterocycles. The van der Waals surface area contributed by atoms with Crippen molar-refractivity contribution in [2.75, 3.05) is 11.1 Å². The van der Waals surface area contributed by atoms with E-state index in [9.17, 15) is 10.1 Å². The van der Waals surface area contributed by atoms with E-state index in [1.807, 2.05) is 30.3 Å². The van der Waals surface area contributed by atoms with Crippen molar-refractivity contribution in [1.82, 2.24) is 0 Å². The Kier molecular flexibility index (Phi) is 5.64. The molecule has 0 unspecified atom stereocenters. The van der Waals surface area contributed by atoms with Crippen LogP contribution in [0.4, 0.5) is 11.4 Å². The molecule has 0 saturated carbocycles. The van der Waals surface area contributed by atoms with Gasteiger partial charge in [0.1, 0.15) is 0 Å². The van der Waals surface area contributed by atoms with Gasteiger partial charge in [-0.1, -0.05) is 35.0 Å². The molecule has 0 aliphatic heterocycles. The molecule has 0 aliphatic carbocycles. The molecule has 2 aromatic rings. The Balaban J connectivity index is 2.19. The van der Waals surface area contributed by atoms with E-state index in [-0.39, 0.29) is 10.6 Å². The smallest absolute Gasteiger partial charge is 0.275 e. The molecule has 0 fully saturated rings. The summed E-state index contributed by atoms with van der Waals surface area (Å²) in [6, 6.07) is 13.1. The van der Waals surface area contributed by atoms with Crippen LogP contribution in [-0.2, 0) is 6.54 Å². The van der Waals surface area contributed by atoms with Crippen LogP contribution in [0.1, 0.15) is 12.5 Å². The molecule has 0 saturated heterocycles. The van der Waals surface area contributed by atoms with Crippen LogP contribution in [0.15, 0.2) is 51.8 Å². The fourth-order valence-electron chi connectivity index (χ4n) is 1.94. The van der Waals surface area contributed by atoms with Crippen molar-refractivity contribution in [1.29, 1.82) is 0 Å². The largest absolute Gasteiger partial charge is 0.380 e. The van der Waals surface area contributed by atoms with E-state index in [1.165, 1.54) is 6.07 Å². The van der Waals surface area contributed by atoms with Crippen molar-refractivity contribution in [3.8, 4) is 0 Å². The highest BCUT2D eigenvalue weighted by Crippen LogP contribution is 2.29. The molecule has 110 valence electrons. The first kappa shape index (κ1) is 15.9. The Hall–Kier alpha value is -1.53. The van der Waals surface area contributed by atoms with E-state index in [0.29, 0.717) is 16.6 Å². The number of nitro groups is 1. The Morgan fingerprint density at radius 1 is 1.29 bits per heavy atom. The highest BCUT2D eigenvalue weighted by atomic mass is 79.9. The Bertz CT molecular complexity index is 649. The normalized spacial score (nSPS) is 10.4. The van der Waals surface area contributed by atoms with Crippen LogP contribution < -0.4 is 5.32 Å². The van der Waals surface area contributed by atoms with Crippen molar-refractivity contribution in [2.45, 2.75) is 18.4 Å². The number of nitrogens with one attached hydrogen (secondary N) is 1. The third-order valence-corrected chi connectivity index (χ3v) is 4.35. The van der Waals surface area contributed by atoms with Gasteiger partial charge in [-0.05, 0) is 30.0 Å². The van der Waals surface area contributed by atoms with Gasteiger partial charge in [-0.25, -0.2) is 0 Å². The maximum Gasteiger partial charge on any atom is 0.275 e. The zero-order valence-corrected chi connectivity index (χ0v) is 13.9. The second kappa shape index (κ2) is 7.47. The topological polar surface area (TPSA) is 55.2 Å². The number of benzene rings is 2. The van der Waals surface area contributed by atoms with Crippen LogP contribution in [0.5, 0.6) is 0 Å². The van der Waals surface area contributed by atoms with Crippen LogP contribution >= 0.6 is 27.7 Å². The van der Waals surface area contributed by atoms with Crippen molar-refractivity contribution < 1.29 is 4.92 Å². The van der Waals surface area contributed by atoms with Crippen LogP contribution in [0.3, 0.4) is 0 Å². The van der Waals surface area contributed by atoms with Crippen molar-refractivity contribution >= 4 is 39.1 Å². The van der Waals surface area contributed by atoms with Crippen LogP contribution in [-0.4, -0.2) is 10.7 Å². The molecule has 0 spiro atoms. The lowest BCUT2D eigenvalue weighted by molar-refractivity contribution is -0.385. The van der Waals surface area contributed by atoms with E-state index >= 15 is 0 Å². The van der Waals surface area contributed by atoms with Gasteiger partial charge in [0.2, 0.25) is 0 Å². The molecule has 0 atom stereocenters. The average molecular weight is 367 g/mol. The van der Waals surface area contributed by atoms with Crippen molar-refractivity contribution in [3.05, 3.63) is 62.6 Å². The summed E-state index contributed by atoms with van der Waals surface area (Å²) in [6.07, 6.45) is 0. The Morgan fingerprint density at radius 2 is 2.05 bits per heavy atom. The lowest BCUT2D eigenvalue weighted by atomic mass is 10.2. The second-order valence-electron chi connectivity index (χ2n) is 4.31. The summed E-state index contributed by atoms with van der Waals surface area (Å²) in [5.41, 5.74) is 1.79. The Morgan fingerprint density at radius 3 is 2.76 bits per heavy atom. The fourth-order valence-corrected chi connectivity index (χ4v) is 3.07. The minimum Gasteiger partial charge on any atom is -0.380 e. The van der Waals surface area contributed by atoms with Gasteiger partial charge in [-0.15, -0.1) is 11.8 Å². The van der Waals surface area contributed by atoms with Gasteiger partial charge in [0.25, 0.3) is 5.69 Å². The van der Waals surface area contributed by atoms with Gasteiger partial charge >= 0.3 is 0 Å². The lowest BCUT2D eigenvalue weighted by Crippen LogP contribution is -2.04. The van der Waals surface area contributed by atoms with Gasteiger partial charge in [-0.3, -0.25) is 10.1 Å². The molecule has 6 heteroatoms. The summed E-state index contributed by atoms with van der Waals surface area (Å²) < 4.78 is 0.708. The molecular formula is C15H15BrN2O2S. The molecule has 0 aliphatic rings. The minimum absolute atomic E-state index is 0.123. The van der Waals surface area contributed by atoms with Gasteiger partial charge in [0.05, 0.1) is 4.92 Å². The first-order valence-electron chi connectivity index (χ1n) is 6.50. The van der Waals surface area contributed by atoms with E-state index in [2.05, 4.69) is 28.2 Å². The van der Waals surface area contributed by atoms with Crippen LogP contribution in [0.25, 0.3) is 0 Å². The minimum atomic E-state index is -0.353. The number of rotatable bonds is 6. The average Bonchev–Trinajstić information content (AvgIpc) is 2.47. The molecule has 0 aromatic heterocycles. The number of hydrogen-bond acceptors (Lipinski definition) is 4. The standard InChI is InChI=1S/C15H15BrN2O2S/c1-2-21-15-6-4-3-5-13(15)17-10-11-7-8-12(16)9-14(11)18(19)20/h3-9,17H,2,10H2,1H3. The van der Waals surface area contributed by atoms with Crippen molar-refractivity contribution in [3.63, 3.8) is 0 Å². The number of hydrogen-bond donors (Lipinski definition) is 1. The van der Waals surface area contributed by atoms with Gasteiger partial charge in [-0.2, -0.15) is 0 Å². The quantitative estimate of drug-likeness (QED) is 0.439. The Labute approximate surface area is 136 Å². The number of para-hydroxylation sites is 1. The van der Waals surface area contributed by atoms with Crippen LogP contribution in [0.2, 0.25) is 0 Å². The fraction of sp³-hybridized carbons (Fsp3) is 0.200. The first-order valence-corrected chi connectivity index (χ1v) is 8.28. The summed E-state index contributed by atoms with van der Waals surface area (Å²) in [5.74, 6) is 0.983. The van der Waals surface area contributed by atoms with Gasteiger partial charge in [0, 0.05) is 33.2 Å². The maximum atomic E-state index is 11.1.